The van der Waals surface area contributed by atoms with Gasteiger partial charge in [0.15, 0.2) is 11.5 Å². The number of hydrogen-bond acceptors (Lipinski definition) is 3. The monoisotopic (exact) mass is 424 g/mol. The molecule has 0 radical (unpaired) electrons. The number of ether oxygens (including phenoxy) is 2. The average molecular weight is 427 g/mol. The SMILES string of the molecule is COc1cc(Cl)cc(CBr)c1OCc1sccc1Br. The van der Waals surface area contributed by atoms with Gasteiger partial charge in [-0.15, -0.1) is 11.3 Å². The van der Waals surface area contributed by atoms with Gasteiger partial charge >= 0.3 is 0 Å². The van der Waals surface area contributed by atoms with E-state index in [4.69, 9.17) is 21.1 Å². The molecule has 0 N–H and O–H groups in total. The molecule has 0 atom stereocenters. The number of thiophene rings is 1. The molecule has 19 heavy (non-hydrogen) atoms. The number of hydrogen-bond donors (Lipinski definition) is 0. The predicted molar refractivity (Wildman–Crippen MR) is 87.0 cm³/mol. The van der Waals surface area contributed by atoms with Gasteiger partial charge in [-0.25, -0.2) is 0 Å². The number of rotatable bonds is 5. The van der Waals surface area contributed by atoms with Crippen molar-refractivity contribution in [2.75, 3.05) is 7.11 Å². The lowest BCUT2D eigenvalue weighted by Gasteiger charge is -2.14. The molecule has 0 saturated heterocycles. The third-order valence-corrected chi connectivity index (χ3v) is 5.22. The van der Waals surface area contributed by atoms with Gasteiger partial charge in [-0.2, -0.15) is 0 Å². The van der Waals surface area contributed by atoms with Gasteiger partial charge in [-0.3, -0.25) is 0 Å². The van der Waals surface area contributed by atoms with E-state index in [1.54, 1.807) is 24.5 Å². The molecule has 1 aromatic carbocycles. The van der Waals surface area contributed by atoms with Crippen LogP contribution >= 0.6 is 54.8 Å². The maximum absolute atomic E-state index is 6.04. The fourth-order valence-electron chi connectivity index (χ4n) is 1.60. The molecule has 0 fully saturated rings. The highest BCUT2D eigenvalue weighted by atomic mass is 79.9. The molecule has 0 aliphatic heterocycles. The molecule has 0 bridgehead atoms. The van der Waals surface area contributed by atoms with Crippen molar-refractivity contribution in [2.24, 2.45) is 0 Å². The minimum Gasteiger partial charge on any atom is -0.493 e. The van der Waals surface area contributed by atoms with Crippen LogP contribution in [0.3, 0.4) is 0 Å². The standard InChI is InChI=1S/C13H11Br2ClO2S/c1-17-11-5-9(16)4-8(6-14)13(11)18-7-12-10(15)2-3-19-12/h2-5H,6-7H2,1H3. The first-order valence-electron chi connectivity index (χ1n) is 5.42. The Kier molecular flexibility index (Phi) is 5.57. The first kappa shape index (κ1) is 15.2. The van der Waals surface area contributed by atoms with Crippen molar-refractivity contribution >= 4 is 54.8 Å². The van der Waals surface area contributed by atoms with Crippen molar-refractivity contribution in [2.45, 2.75) is 11.9 Å². The van der Waals surface area contributed by atoms with Crippen LogP contribution in [0.15, 0.2) is 28.1 Å². The van der Waals surface area contributed by atoms with Gasteiger partial charge in [0.1, 0.15) is 6.61 Å². The first-order chi connectivity index (χ1) is 9.15. The molecule has 1 heterocycles. The van der Waals surface area contributed by atoms with E-state index in [2.05, 4.69) is 31.9 Å². The van der Waals surface area contributed by atoms with Crippen LogP contribution in [0.1, 0.15) is 10.4 Å². The molecular weight excluding hydrogens is 415 g/mol. The Hall–Kier alpha value is -0.230. The highest BCUT2D eigenvalue weighted by Crippen LogP contribution is 2.37. The first-order valence-corrected chi connectivity index (χ1v) is 8.60. The van der Waals surface area contributed by atoms with E-state index in [0.29, 0.717) is 22.7 Å². The summed E-state index contributed by atoms with van der Waals surface area (Å²) < 4.78 is 12.3. The van der Waals surface area contributed by atoms with Gasteiger partial charge in [-0.1, -0.05) is 27.5 Å². The fraction of sp³-hybridized carbons (Fsp3) is 0.231. The number of methoxy groups -OCH3 is 1. The molecular formula is C13H11Br2ClO2S. The van der Waals surface area contributed by atoms with Crippen LogP contribution in [0, 0.1) is 0 Å². The Bertz CT molecular complexity index is 547. The van der Waals surface area contributed by atoms with Gasteiger partial charge in [0.2, 0.25) is 0 Å². The molecule has 0 spiro atoms. The summed E-state index contributed by atoms with van der Waals surface area (Å²) in [6.45, 7) is 0.496. The van der Waals surface area contributed by atoms with Gasteiger partial charge < -0.3 is 9.47 Å². The van der Waals surface area contributed by atoms with Crippen molar-refractivity contribution < 1.29 is 9.47 Å². The maximum Gasteiger partial charge on any atom is 0.165 e. The second-order valence-corrected chi connectivity index (χ2v) is 6.56. The molecule has 1 aromatic heterocycles. The maximum atomic E-state index is 6.04. The van der Waals surface area contributed by atoms with Crippen molar-refractivity contribution in [1.82, 2.24) is 0 Å². The van der Waals surface area contributed by atoms with Gasteiger partial charge in [0.25, 0.3) is 0 Å². The minimum atomic E-state index is 0.496. The van der Waals surface area contributed by atoms with Gasteiger partial charge in [0, 0.05) is 26.5 Å². The van der Waals surface area contributed by atoms with Crippen LogP contribution in [-0.2, 0) is 11.9 Å². The Morgan fingerprint density at radius 2 is 2.16 bits per heavy atom. The molecule has 2 nitrogen and oxygen atoms in total. The van der Waals surface area contributed by atoms with Crippen LogP contribution in [0.5, 0.6) is 11.5 Å². The van der Waals surface area contributed by atoms with Crippen LogP contribution in [0.25, 0.3) is 0 Å². The lowest BCUT2D eigenvalue weighted by atomic mass is 10.2. The second-order valence-electron chi connectivity index (χ2n) is 3.71. The van der Waals surface area contributed by atoms with E-state index < -0.39 is 0 Å². The summed E-state index contributed by atoms with van der Waals surface area (Å²) in [6.07, 6.45) is 0. The predicted octanol–water partition coefficient (Wildman–Crippen LogP) is 5.65. The third-order valence-electron chi connectivity index (χ3n) is 2.50. The summed E-state index contributed by atoms with van der Waals surface area (Å²) in [5, 5.41) is 3.31. The van der Waals surface area contributed by atoms with E-state index in [1.165, 1.54) is 0 Å². The molecule has 0 saturated carbocycles. The van der Waals surface area contributed by atoms with E-state index >= 15 is 0 Å². The summed E-state index contributed by atoms with van der Waals surface area (Å²) in [5.74, 6) is 1.37. The van der Waals surface area contributed by atoms with Crippen LogP contribution in [-0.4, -0.2) is 7.11 Å². The summed E-state index contributed by atoms with van der Waals surface area (Å²) in [5.41, 5.74) is 0.969. The highest BCUT2D eigenvalue weighted by molar-refractivity contribution is 9.10. The summed E-state index contributed by atoms with van der Waals surface area (Å²) in [4.78, 5) is 1.14. The number of halogens is 3. The van der Waals surface area contributed by atoms with Gasteiger partial charge in [0.05, 0.1) is 12.0 Å². The fourth-order valence-corrected chi connectivity index (χ4v) is 3.63. The molecule has 2 aromatic rings. The summed E-state index contributed by atoms with van der Waals surface area (Å²) in [7, 11) is 1.61. The third kappa shape index (κ3) is 3.66. The topological polar surface area (TPSA) is 18.5 Å². The average Bonchev–Trinajstić information content (AvgIpc) is 2.81. The van der Waals surface area contributed by atoms with Crippen molar-refractivity contribution in [1.29, 1.82) is 0 Å². The summed E-state index contributed by atoms with van der Waals surface area (Å²) in [6, 6.07) is 5.64. The van der Waals surface area contributed by atoms with Gasteiger partial charge in [-0.05, 0) is 33.4 Å². The zero-order valence-electron chi connectivity index (χ0n) is 10.1. The second kappa shape index (κ2) is 6.97. The Labute approximate surface area is 137 Å². The Morgan fingerprint density at radius 1 is 1.37 bits per heavy atom. The molecule has 6 heteroatoms. The van der Waals surface area contributed by atoms with E-state index in [0.717, 1.165) is 20.7 Å². The highest BCUT2D eigenvalue weighted by Gasteiger charge is 2.13. The Balaban J connectivity index is 2.26. The van der Waals surface area contributed by atoms with Crippen LogP contribution in [0.2, 0.25) is 5.02 Å². The molecule has 0 aliphatic rings. The zero-order valence-corrected chi connectivity index (χ0v) is 14.8. The quantitative estimate of drug-likeness (QED) is 0.576. The molecule has 0 aliphatic carbocycles. The largest absolute Gasteiger partial charge is 0.493 e. The number of benzene rings is 1. The van der Waals surface area contributed by atoms with Crippen molar-refractivity contribution in [3.63, 3.8) is 0 Å². The molecule has 2 rings (SSSR count). The van der Waals surface area contributed by atoms with Crippen LogP contribution in [0.4, 0.5) is 0 Å². The lowest BCUT2D eigenvalue weighted by molar-refractivity contribution is 0.284. The molecule has 102 valence electrons. The lowest BCUT2D eigenvalue weighted by Crippen LogP contribution is -1.99. The van der Waals surface area contributed by atoms with E-state index in [1.807, 2.05) is 17.5 Å². The molecule has 0 amide bonds. The minimum absolute atomic E-state index is 0.496. The smallest absolute Gasteiger partial charge is 0.165 e. The molecule has 0 unspecified atom stereocenters. The van der Waals surface area contributed by atoms with Crippen molar-refractivity contribution in [3.8, 4) is 11.5 Å². The van der Waals surface area contributed by atoms with E-state index in [-0.39, 0.29) is 0 Å². The summed E-state index contributed by atoms with van der Waals surface area (Å²) >= 11 is 14.6. The normalized spacial score (nSPS) is 10.5. The Morgan fingerprint density at radius 3 is 2.74 bits per heavy atom. The number of alkyl halides is 1. The van der Waals surface area contributed by atoms with Crippen LogP contribution < -0.4 is 9.47 Å². The zero-order chi connectivity index (χ0) is 13.8. The van der Waals surface area contributed by atoms with E-state index in [9.17, 15) is 0 Å². The van der Waals surface area contributed by atoms with Crippen molar-refractivity contribution in [3.05, 3.63) is 43.5 Å².